The number of nitrogens with zero attached hydrogens (tertiary/aromatic N) is 5. The van der Waals surface area contributed by atoms with Crippen LogP contribution in [0.5, 0.6) is 0 Å². The van der Waals surface area contributed by atoms with Crippen LogP contribution in [0, 0.1) is 11.3 Å². The lowest BCUT2D eigenvalue weighted by atomic mass is 10.1. The first-order chi connectivity index (χ1) is 13.3. The first kappa shape index (κ1) is 17.2. The van der Waals surface area contributed by atoms with Gasteiger partial charge in [0.25, 0.3) is 0 Å². The molecule has 0 saturated carbocycles. The SMILES string of the molecule is CNc1ccc(-c2noc([C@@H]3CCCN3Cc3cccc(C#N)c3)n2)cn1. The third-order valence-corrected chi connectivity index (χ3v) is 4.81. The fourth-order valence-electron chi connectivity index (χ4n) is 3.43. The second-order valence-electron chi connectivity index (χ2n) is 6.58. The van der Waals surface area contributed by atoms with E-state index in [1.165, 1.54) is 0 Å². The Morgan fingerprint density at radius 3 is 3.04 bits per heavy atom. The first-order valence-electron chi connectivity index (χ1n) is 8.97. The van der Waals surface area contributed by atoms with Gasteiger partial charge in [0.05, 0.1) is 17.7 Å². The second kappa shape index (κ2) is 7.56. The number of benzene rings is 1. The predicted molar refractivity (Wildman–Crippen MR) is 101 cm³/mol. The molecule has 27 heavy (non-hydrogen) atoms. The van der Waals surface area contributed by atoms with Crippen LogP contribution in [-0.4, -0.2) is 33.6 Å². The normalized spacial score (nSPS) is 17.0. The molecule has 1 aliphatic heterocycles. The minimum absolute atomic E-state index is 0.0986. The zero-order valence-corrected chi connectivity index (χ0v) is 15.1. The van der Waals surface area contributed by atoms with Crippen molar-refractivity contribution < 1.29 is 4.52 Å². The zero-order valence-electron chi connectivity index (χ0n) is 15.1. The van der Waals surface area contributed by atoms with E-state index in [1.54, 1.807) is 6.20 Å². The highest BCUT2D eigenvalue weighted by Crippen LogP contribution is 2.33. The van der Waals surface area contributed by atoms with Gasteiger partial charge >= 0.3 is 0 Å². The van der Waals surface area contributed by atoms with E-state index in [-0.39, 0.29) is 6.04 Å². The van der Waals surface area contributed by atoms with Crippen LogP contribution in [0.4, 0.5) is 5.82 Å². The summed E-state index contributed by atoms with van der Waals surface area (Å²) in [5.74, 6) is 1.99. The molecule has 1 atom stereocenters. The van der Waals surface area contributed by atoms with Crippen molar-refractivity contribution in [2.45, 2.75) is 25.4 Å². The highest BCUT2D eigenvalue weighted by Gasteiger charge is 2.30. The lowest BCUT2D eigenvalue weighted by Crippen LogP contribution is -2.23. The molecule has 7 heteroatoms. The Kier molecular flexibility index (Phi) is 4.81. The minimum Gasteiger partial charge on any atom is -0.373 e. The standard InChI is InChI=1S/C20H20N6O/c1-22-18-8-7-16(12-23-18)19-24-20(27-25-19)17-6-3-9-26(17)13-15-5-2-4-14(10-15)11-21/h2,4-5,7-8,10,12,17H,3,6,9,13H2,1H3,(H,22,23)/t17-/m0/s1. The number of hydrogen-bond acceptors (Lipinski definition) is 7. The molecular weight excluding hydrogens is 340 g/mol. The van der Waals surface area contributed by atoms with Gasteiger partial charge in [-0.1, -0.05) is 17.3 Å². The molecule has 1 saturated heterocycles. The van der Waals surface area contributed by atoms with Crippen LogP contribution in [0.2, 0.25) is 0 Å². The number of anilines is 1. The summed E-state index contributed by atoms with van der Waals surface area (Å²) in [6.45, 7) is 1.73. The van der Waals surface area contributed by atoms with Gasteiger partial charge < -0.3 is 9.84 Å². The highest BCUT2D eigenvalue weighted by molar-refractivity contribution is 5.55. The van der Waals surface area contributed by atoms with E-state index in [0.29, 0.717) is 17.3 Å². The van der Waals surface area contributed by atoms with Gasteiger partial charge in [-0.25, -0.2) is 4.98 Å². The maximum Gasteiger partial charge on any atom is 0.244 e. The topological polar surface area (TPSA) is 90.9 Å². The van der Waals surface area contributed by atoms with Crippen LogP contribution >= 0.6 is 0 Å². The Bertz CT molecular complexity index is 959. The average molecular weight is 360 g/mol. The number of likely N-dealkylation sites (tertiary alicyclic amines) is 1. The number of nitrogens with one attached hydrogen (secondary N) is 1. The molecule has 1 aromatic carbocycles. The quantitative estimate of drug-likeness (QED) is 0.746. The molecule has 7 nitrogen and oxygen atoms in total. The Morgan fingerprint density at radius 2 is 2.26 bits per heavy atom. The van der Waals surface area contributed by atoms with Gasteiger partial charge in [0, 0.05) is 25.4 Å². The van der Waals surface area contributed by atoms with E-state index < -0.39 is 0 Å². The van der Waals surface area contributed by atoms with Crippen molar-refractivity contribution in [3.63, 3.8) is 0 Å². The van der Waals surface area contributed by atoms with Crippen LogP contribution in [0.3, 0.4) is 0 Å². The fraction of sp³-hybridized carbons (Fsp3) is 0.300. The molecule has 2 aromatic heterocycles. The molecule has 0 spiro atoms. The summed E-state index contributed by atoms with van der Waals surface area (Å²) in [5.41, 5.74) is 2.63. The van der Waals surface area contributed by atoms with Crippen LogP contribution in [0.25, 0.3) is 11.4 Å². The summed E-state index contributed by atoms with van der Waals surface area (Å²) < 4.78 is 5.57. The number of rotatable bonds is 5. The molecule has 1 N–H and O–H groups in total. The Hall–Kier alpha value is -3.24. The molecule has 136 valence electrons. The van der Waals surface area contributed by atoms with E-state index in [0.717, 1.165) is 42.9 Å². The summed E-state index contributed by atoms with van der Waals surface area (Å²) in [4.78, 5) is 11.2. The molecule has 0 unspecified atom stereocenters. The number of pyridine rings is 1. The Balaban J connectivity index is 1.52. The third kappa shape index (κ3) is 3.66. The molecule has 0 radical (unpaired) electrons. The van der Waals surface area contributed by atoms with Crippen LogP contribution in [0.15, 0.2) is 47.1 Å². The fourth-order valence-corrected chi connectivity index (χ4v) is 3.43. The second-order valence-corrected chi connectivity index (χ2v) is 6.58. The summed E-state index contributed by atoms with van der Waals surface area (Å²) in [6.07, 6.45) is 3.80. The summed E-state index contributed by atoms with van der Waals surface area (Å²) in [6, 6.07) is 13.8. The number of nitriles is 1. The van der Waals surface area contributed by atoms with Crippen molar-refractivity contribution in [1.82, 2.24) is 20.0 Å². The van der Waals surface area contributed by atoms with Crippen molar-refractivity contribution in [1.29, 1.82) is 5.26 Å². The van der Waals surface area contributed by atoms with Crippen molar-refractivity contribution in [2.24, 2.45) is 0 Å². The molecule has 1 aliphatic rings. The van der Waals surface area contributed by atoms with Gasteiger partial charge in [-0.05, 0) is 49.2 Å². The van der Waals surface area contributed by atoms with E-state index in [2.05, 4.69) is 31.4 Å². The molecule has 0 bridgehead atoms. The van der Waals surface area contributed by atoms with E-state index in [4.69, 9.17) is 9.78 Å². The van der Waals surface area contributed by atoms with Crippen molar-refractivity contribution in [3.8, 4) is 17.5 Å². The number of aromatic nitrogens is 3. The maximum atomic E-state index is 9.09. The van der Waals surface area contributed by atoms with Gasteiger partial charge in [-0.2, -0.15) is 10.2 Å². The van der Waals surface area contributed by atoms with Crippen LogP contribution < -0.4 is 5.32 Å². The van der Waals surface area contributed by atoms with Gasteiger partial charge in [-0.3, -0.25) is 4.90 Å². The van der Waals surface area contributed by atoms with Crippen LogP contribution in [0.1, 0.15) is 35.9 Å². The summed E-state index contributed by atoms with van der Waals surface area (Å²) in [5, 5.41) is 16.2. The lowest BCUT2D eigenvalue weighted by Gasteiger charge is -2.21. The van der Waals surface area contributed by atoms with Crippen molar-refractivity contribution in [3.05, 3.63) is 59.6 Å². The van der Waals surface area contributed by atoms with Crippen molar-refractivity contribution >= 4 is 5.82 Å². The number of hydrogen-bond donors (Lipinski definition) is 1. The molecular formula is C20H20N6O. The average Bonchev–Trinajstić information content (AvgIpc) is 3.37. The smallest absolute Gasteiger partial charge is 0.244 e. The van der Waals surface area contributed by atoms with Crippen molar-refractivity contribution in [2.75, 3.05) is 18.9 Å². The van der Waals surface area contributed by atoms with E-state index >= 15 is 0 Å². The zero-order chi connectivity index (χ0) is 18.6. The Morgan fingerprint density at radius 1 is 1.33 bits per heavy atom. The highest BCUT2D eigenvalue weighted by atomic mass is 16.5. The molecule has 1 fully saturated rings. The Labute approximate surface area is 157 Å². The third-order valence-electron chi connectivity index (χ3n) is 4.81. The van der Waals surface area contributed by atoms with Gasteiger partial charge in [-0.15, -0.1) is 0 Å². The summed E-state index contributed by atoms with van der Waals surface area (Å²) >= 11 is 0. The maximum absolute atomic E-state index is 9.09. The van der Waals surface area contributed by atoms with Gasteiger partial charge in [0.15, 0.2) is 0 Å². The predicted octanol–water partition coefficient (Wildman–Crippen LogP) is 3.38. The lowest BCUT2D eigenvalue weighted by molar-refractivity contribution is 0.201. The molecule has 0 aliphatic carbocycles. The molecule has 3 aromatic rings. The van der Waals surface area contributed by atoms with Crippen LogP contribution in [-0.2, 0) is 6.54 Å². The molecule has 4 rings (SSSR count). The largest absolute Gasteiger partial charge is 0.373 e. The monoisotopic (exact) mass is 360 g/mol. The van der Waals surface area contributed by atoms with Gasteiger partial charge in [0.2, 0.25) is 11.7 Å². The van der Waals surface area contributed by atoms with E-state index in [1.807, 2.05) is 43.4 Å². The summed E-state index contributed by atoms with van der Waals surface area (Å²) in [7, 11) is 1.83. The van der Waals surface area contributed by atoms with E-state index in [9.17, 15) is 0 Å². The minimum atomic E-state index is 0.0986. The van der Waals surface area contributed by atoms with Gasteiger partial charge in [0.1, 0.15) is 5.82 Å². The molecule has 0 amide bonds. The first-order valence-corrected chi connectivity index (χ1v) is 8.97. The molecule has 3 heterocycles.